The molecule has 0 unspecified atom stereocenters. The molecule has 0 fully saturated rings. The van der Waals surface area contributed by atoms with E-state index in [9.17, 15) is 0 Å². The highest BCUT2D eigenvalue weighted by molar-refractivity contribution is 6.38. The lowest BCUT2D eigenvalue weighted by atomic mass is 9.95. The van der Waals surface area contributed by atoms with Gasteiger partial charge in [0.25, 0.3) is 0 Å². The summed E-state index contributed by atoms with van der Waals surface area (Å²) in [7, 11) is 0. The highest BCUT2D eigenvalue weighted by atomic mass is 16.3. The minimum absolute atomic E-state index is 0.760. The van der Waals surface area contributed by atoms with Crippen LogP contribution in [-0.4, -0.2) is 14.5 Å². The van der Waals surface area contributed by atoms with Gasteiger partial charge in [0, 0.05) is 43.3 Å². The second kappa shape index (κ2) is 8.97. The molecule has 1 aliphatic rings. The van der Waals surface area contributed by atoms with E-state index in [4.69, 9.17) is 18.8 Å². The molecule has 4 heterocycles. The van der Waals surface area contributed by atoms with E-state index < -0.39 is 0 Å². The summed E-state index contributed by atoms with van der Waals surface area (Å²) in [6.45, 7) is 0. The summed E-state index contributed by atoms with van der Waals surface area (Å²) in [4.78, 5) is 11.1. The molecule has 5 nitrogen and oxygen atoms in total. The SMILES string of the molecule is c1ccc2c(c1)ccc1nc(-n3c4ccc5cccc6c5c4c4c5c(ccc43)oc3cccc-6c35)c(-c3cccc4c3oc3ccccc34)nc12. The monoisotopic (exact) mass is 649 g/mol. The van der Waals surface area contributed by atoms with E-state index in [0.29, 0.717) is 0 Å². The molecular formula is C46H23N3O2. The van der Waals surface area contributed by atoms with Gasteiger partial charge >= 0.3 is 0 Å². The molecule has 0 N–H and O–H groups in total. The van der Waals surface area contributed by atoms with Gasteiger partial charge in [0.1, 0.15) is 28.0 Å². The summed E-state index contributed by atoms with van der Waals surface area (Å²) in [6, 6.07) is 49.1. The van der Waals surface area contributed by atoms with Crippen LogP contribution in [0.1, 0.15) is 0 Å². The normalized spacial score (nSPS) is 12.7. The minimum atomic E-state index is 0.760. The molecule has 12 aromatic rings. The lowest BCUT2D eigenvalue weighted by Gasteiger charge is -2.15. The van der Waals surface area contributed by atoms with Crippen molar-refractivity contribution in [2.45, 2.75) is 0 Å². The number of hydrogen-bond acceptors (Lipinski definition) is 4. The molecular weight excluding hydrogens is 627 g/mol. The summed E-state index contributed by atoms with van der Waals surface area (Å²) >= 11 is 0. The van der Waals surface area contributed by atoms with Crippen molar-refractivity contribution in [3.63, 3.8) is 0 Å². The number of rotatable bonds is 2. The zero-order chi connectivity index (χ0) is 32.9. The summed E-state index contributed by atoms with van der Waals surface area (Å²) in [5.41, 5.74) is 11.4. The lowest BCUT2D eigenvalue weighted by molar-refractivity contribution is 0.669. The van der Waals surface area contributed by atoms with Crippen molar-refractivity contribution in [3.05, 3.63) is 140 Å². The van der Waals surface area contributed by atoms with Crippen molar-refractivity contribution in [3.8, 4) is 28.2 Å². The molecule has 234 valence electrons. The van der Waals surface area contributed by atoms with E-state index >= 15 is 0 Å². The van der Waals surface area contributed by atoms with Crippen LogP contribution in [0.3, 0.4) is 0 Å². The van der Waals surface area contributed by atoms with Crippen molar-refractivity contribution >= 4 is 98.3 Å². The average molecular weight is 650 g/mol. The van der Waals surface area contributed by atoms with Crippen molar-refractivity contribution in [1.29, 1.82) is 0 Å². The Bertz CT molecular complexity index is 3550. The third-order valence-electron chi connectivity index (χ3n) is 11.1. The minimum Gasteiger partial charge on any atom is -0.456 e. The molecule has 0 amide bonds. The van der Waals surface area contributed by atoms with Crippen LogP contribution < -0.4 is 0 Å². The molecule has 0 atom stereocenters. The third-order valence-corrected chi connectivity index (χ3v) is 11.1. The van der Waals surface area contributed by atoms with Crippen LogP contribution >= 0.6 is 0 Å². The van der Waals surface area contributed by atoms with Crippen molar-refractivity contribution < 1.29 is 8.83 Å². The smallest absolute Gasteiger partial charge is 0.165 e. The maximum Gasteiger partial charge on any atom is 0.165 e. The van der Waals surface area contributed by atoms with Gasteiger partial charge in [-0.1, -0.05) is 97.1 Å². The third kappa shape index (κ3) is 3.13. The predicted octanol–water partition coefficient (Wildman–Crippen LogP) is 12.5. The number of nitrogens with zero attached hydrogens (tertiary/aromatic N) is 3. The van der Waals surface area contributed by atoms with Crippen LogP contribution in [0.25, 0.3) is 126 Å². The first kappa shape index (κ1) is 26.0. The molecule has 0 aliphatic heterocycles. The van der Waals surface area contributed by atoms with Crippen LogP contribution in [0.4, 0.5) is 0 Å². The second-order valence-corrected chi connectivity index (χ2v) is 13.6. The van der Waals surface area contributed by atoms with Gasteiger partial charge < -0.3 is 8.83 Å². The van der Waals surface area contributed by atoms with Gasteiger partial charge in [0.15, 0.2) is 5.82 Å². The molecule has 4 aromatic heterocycles. The van der Waals surface area contributed by atoms with E-state index in [1.165, 1.54) is 32.7 Å². The number of para-hydroxylation sites is 2. The maximum absolute atomic E-state index is 6.65. The molecule has 0 radical (unpaired) electrons. The number of furan rings is 2. The standard InChI is InChI=1S/C46H23N3O2/c1-2-10-26-24(8-1)18-20-32-43(26)48-44(31-15-6-14-30-27-11-3-4-16-35(27)51-45(30)31)46(47-32)49-33-21-19-25-9-5-12-28-29-13-7-17-36-39(29)42-37(50-36)23-22-34(49)41(42)40(33)38(25)28/h1-23H. The Balaban J connectivity index is 1.27. The first-order valence-corrected chi connectivity index (χ1v) is 17.3. The molecule has 0 bridgehead atoms. The zero-order valence-corrected chi connectivity index (χ0v) is 26.9. The summed E-state index contributed by atoms with van der Waals surface area (Å²) in [6.07, 6.45) is 0. The van der Waals surface area contributed by atoms with Crippen LogP contribution in [0.15, 0.2) is 148 Å². The van der Waals surface area contributed by atoms with E-state index in [-0.39, 0.29) is 0 Å². The fraction of sp³-hybridized carbons (Fsp3) is 0. The van der Waals surface area contributed by atoms with Gasteiger partial charge in [-0.15, -0.1) is 0 Å². The van der Waals surface area contributed by atoms with Crippen LogP contribution in [0.5, 0.6) is 0 Å². The lowest BCUT2D eigenvalue weighted by Crippen LogP contribution is -2.04. The van der Waals surface area contributed by atoms with E-state index in [2.05, 4.69) is 132 Å². The first-order chi connectivity index (χ1) is 25.3. The maximum atomic E-state index is 6.65. The highest BCUT2D eigenvalue weighted by Crippen LogP contribution is 2.51. The molecule has 0 saturated heterocycles. The van der Waals surface area contributed by atoms with Crippen LogP contribution in [0, 0.1) is 0 Å². The van der Waals surface area contributed by atoms with E-state index in [0.717, 1.165) is 93.8 Å². The Morgan fingerprint density at radius 2 is 1.08 bits per heavy atom. The van der Waals surface area contributed by atoms with E-state index in [1.54, 1.807) is 0 Å². The van der Waals surface area contributed by atoms with Crippen LogP contribution in [0.2, 0.25) is 0 Å². The molecule has 13 rings (SSSR count). The first-order valence-electron chi connectivity index (χ1n) is 17.3. The second-order valence-electron chi connectivity index (χ2n) is 13.6. The van der Waals surface area contributed by atoms with Crippen molar-refractivity contribution in [1.82, 2.24) is 14.5 Å². The zero-order valence-electron chi connectivity index (χ0n) is 26.9. The van der Waals surface area contributed by atoms with Gasteiger partial charge in [-0.2, -0.15) is 0 Å². The van der Waals surface area contributed by atoms with E-state index in [1.807, 2.05) is 12.1 Å². The highest BCUT2D eigenvalue weighted by Gasteiger charge is 2.28. The molecule has 1 aliphatic carbocycles. The summed E-state index contributed by atoms with van der Waals surface area (Å²) < 4.78 is 15.5. The van der Waals surface area contributed by atoms with Gasteiger partial charge in [-0.3, -0.25) is 4.57 Å². The fourth-order valence-corrected chi connectivity index (χ4v) is 9.00. The Labute approximate surface area is 288 Å². The van der Waals surface area contributed by atoms with Crippen molar-refractivity contribution in [2.75, 3.05) is 0 Å². The number of benzene rings is 8. The van der Waals surface area contributed by atoms with Crippen molar-refractivity contribution in [2.24, 2.45) is 0 Å². The number of aromatic nitrogens is 3. The van der Waals surface area contributed by atoms with Gasteiger partial charge in [0.05, 0.1) is 22.1 Å². The number of fused-ring (bicyclic) bond motifs is 7. The molecule has 0 spiro atoms. The quantitative estimate of drug-likeness (QED) is 0.175. The Hall–Kier alpha value is -6.98. The fourth-order valence-electron chi connectivity index (χ4n) is 9.00. The van der Waals surface area contributed by atoms with Crippen LogP contribution in [-0.2, 0) is 0 Å². The topological polar surface area (TPSA) is 57.0 Å². The Morgan fingerprint density at radius 1 is 0.412 bits per heavy atom. The van der Waals surface area contributed by atoms with Gasteiger partial charge in [-0.05, 0) is 69.8 Å². The molecule has 51 heavy (non-hydrogen) atoms. The summed E-state index contributed by atoms with van der Waals surface area (Å²) in [5.74, 6) is 0.760. The Morgan fingerprint density at radius 3 is 2.02 bits per heavy atom. The molecule has 0 saturated carbocycles. The largest absolute Gasteiger partial charge is 0.456 e. The number of hydrogen-bond donors (Lipinski definition) is 0. The molecule has 8 aromatic carbocycles. The average Bonchev–Trinajstić information content (AvgIpc) is 3.83. The molecule has 5 heteroatoms. The van der Waals surface area contributed by atoms with Gasteiger partial charge in [0.2, 0.25) is 0 Å². The van der Waals surface area contributed by atoms with Gasteiger partial charge in [-0.25, -0.2) is 9.97 Å². The predicted molar refractivity (Wildman–Crippen MR) is 208 cm³/mol. The Kier molecular flexibility index (Phi) is 4.57. The summed E-state index contributed by atoms with van der Waals surface area (Å²) in [5, 5.41) is 11.5.